The fraction of sp³-hybridized carbons (Fsp3) is 0.269. The minimum absolute atomic E-state index is 0. The Kier molecular flexibility index (Phi) is 12.0. The average Bonchev–Trinajstić information content (AvgIpc) is 2.74. The van der Waals surface area contributed by atoms with Crippen molar-refractivity contribution in [1.29, 1.82) is 0 Å². The summed E-state index contributed by atoms with van der Waals surface area (Å²) in [7, 11) is 1.49. The second-order valence-electron chi connectivity index (χ2n) is 8.52. The Bertz CT molecular complexity index is 1320. The van der Waals surface area contributed by atoms with Gasteiger partial charge in [0.1, 0.15) is 5.69 Å². The molecule has 3 aromatic rings. The van der Waals surface area contributed by atoms with Crippen LogP contribution in [0.1, 0.15) is 40.4 Å². The number of rotatable bonds is 6. The second kappa shape index (κ2) is 13.5. The average molecular weight is 507 g/mol. The molecule has 3 rings (SSSR count). The summed E-state index contributed by atoms with van der Waals surface area (Å²) in [5.41, 5.74) is 4.91. The van der Waals surface area contributed by atoms with E-state index in [1.165, 1.54) is 17.7 Å². The van der Waals surface area contributed by atoms with E-state index in [0.29, 0.717) is 11.3 Å². The van der Waals surface area contributed by atoms with E-state index in [-0.39, 0.29) is 59.1 Å². The molecule has 0 fully saturated rings. The van der Waals surface area contributed by atoms with Crippen LogP contribution in [0.25, 0.3) is 11.1 Å². The third-order valence-electron chi connectivity index (χ3n) is 5.82. The maximum Gasteiger partial charge on any atom is 1.00 e. The standard InChI is InChI=1S/C26H29N3O5.2Na/c1-14-9-18(12-19(10-14)23-15(2)7-6-8-16(23)3)20(13-22(31)32)27-26(34)28-24-21(30)11-17(4)29(5)25(24)33;;/h6-12,20,30H,13H2,1-5H3,(H,31,32)(H2,27,28,34);;/q;2*+1/p-2/t20-;;/m0../s1. The van der Waals surface area contributed by atoms with E-state index >= 15 is 0 Å². The number of carboxylic acid groups (broad SMARTS) is 1. The molecule has 178 valence electrons. The molecule has 0 unspecified atom stereocenters. The monoisotopic (exact) mass is 507 g/mol. The first kappa shape index (κ1) is 32.0. The molecule has 0 aliphatic rings. The molecule has 1 atom stereocenters. The number of nitrogens with one attached hydrogen (secondary N) is 2. The predicted molar refractivity (Wildman–Crippen MR) is 126 cm³/mol. The van der Waals surface area contributed by atoms with Crippen molar-refractivity contribution in [3.05, 3.63) is 80.8 Å². The van der Waals surface area contributed by atoms with E-state index in [4.69, 9.17) is 0 Å². The molecule has 8 nitrogen and oxygen atoms in total. The van der Waals surface area contributed by atoms with Crippen LogP contribution in [-0.4, -0.2) is 16.6 Å². The molecule has 36 heavy (non-hydrogen) atoms. The van der Waals surface area contributed by atoms with Crippen molar-refractivity contribution >= 4 is 17.7 Å². The van der Waals surface area contributed by atoms with Crippen molar-refractivity contribution in [2.75, 3.05) is 5.32 Å². The number of aryl methyl sites for hydroxylation is 4. The Morgan fingerprint density at radius 1 is 1.00 bits per heavy atom. The largest absolute Gasteiger partial charge is 1.00 e. The van der Waals surface area contributed by atoms with Crippen LogP contribution in [0, 0.1) is 27.7 Å². The van der Waals surface area contributed by atoms with E-state index in [2.05, 4.69) is 10.6 Å². The molecular weight excluding hydrogens is 480 g/mol. The fourth-order valence-electron chi connectivity index (χ4n) is 4.06. The Hall–Kier alpha value is -2.07. The van der Waals surface area contributed by atoms with Gasteiger partial charge < -0.3 is 30.2 Å². The van der Waals surface area contributed by atoms with E-state index in [1.807, 2.05) is 51.1 Å². The number of carboxylic acids is 1. The van der Waals surface area contributed by atoms with Gasteiger partial charge in [0, 0.05) is 25.1 Å². The summed E-state index contributed by atoms with van der Waals surface area (Å²) in [4.78, 5) is 36.6. The second-order valence-corrected chi connectivity index (χ2v) is 8.52. The summed E-state index contributed by atoms with van der Waals surface area (Å²) < 4.78 is 1.24. The first-order valence-corrected chi connectivity index (χ1v) is 10.8. The Balaban J connectivity index is 0.00000324. The number of aromatic nitrogens is 1. The maximum absolute atomic E-state index is 12.7. The molecule has 0 saturated heterocycles. The Morgan fingerprint density at radius 2 is 1.61 bits per heavy atom. The van der Waals surface area contributed by atoms with Crippen LogP contribution in [0.15, 0.2) is 47.3 Å². The van der Waals surface area contributed by atoms with Crippen LogP contribution >= 0.6 is 0 Å². The predicted octanol–water partition coefficient (Wildman–Crippen LogP) is -3.63. The van der Waals surface area contributed by atoms with Gasteiger partial charge in [-0.1, -0.05) is 41.6 Å². The van der Waals surface area contributed by atoms with Gasteiger partial charge in [-0.15, -0.1) is 0 Å². The van der Waals surface area contributed by atoms with Crippen LogP contribution < -0.4 is 85.5 Å². The number of amides is 2. The van der Waals surface area contributed by atoms with Crippen molar-refractivity contribution in [3.63, 3.8) is 0 Å². The van der Waals surface area contributed by atoms with Crippen molar-refractivity contribution in [2.45, 2.75) is 40.2 Å². The molecule has 0 radical (unpaired) electrons. The molecule has 1 aromatic heterocycles. The Morgan fingerprint density at radius 3 is 2.19 bits per heavy atom. The van der Waals surface area contributed by atoms with Gasteiger partial charge in [0.15, 0.2) is 0 Å². The molecule has 0 saturated carbocycles. The zero-order chi connectivity index (χ0) is 25.2. The number of carbonyl (C=O) groups is 2. The number of hydrogen-bond acceptors (Lipinski definition) is 5. The first-order valence-electron chi connectivity index (χ1n) is 10.8. The van der Waals surface area contributed by atoms with E-state index in [0.717, 1.165) is 27.8 Å². The van der Waals surface area contributed by atoms with Gasteiger partial charge in [0.2, 0.25) is 0 Å². The van der Waals surface area contributed by atoms with Crippen LogP contribution in [0.3, 0.4) is 0 Å². The molecule has 0 bridgehead atoms. The van der Waals surface area contributed by atoms with Gasteiger partial charge in [-0.25, -0.2) is 4.79 Å². The zero-order valence-electron chi connectivity index (χ0n) is 21.8. The molecule has 1 heterocycles. The Labute approximate surface area is 254 Å². The van der Waals surface area contributed by atoms with Gasteiger partial charge in [-0.05, 0) is 67.6 Å². The van der Waals surface area contributed by atoms with Crippen molar-refractivity contribution in [2.24, 2.45) is 7.05 Å². The molecular formula is C26H27N3Na2O5. The van der Waals surface area contributed by atoms with Crippen LogP contribution in [0.2, 0.25) is 0 Å². The quantitative estimate of drug-likeness (QED) is 0.333. The topological polar surface area (TPSA) is 126 Å². The SMILES string of the molecule is Cc1cc(-c2c(C)cccc2C)cc([C@H](CC(=O)[O-])NC(=O)Nc2c([O-])cc(C)n(C)c2=O)c1.[Na+].[Na+]. The van der Waals surface area contributed by atoms with Gasteiger partial charge >= 0.3 is 65.1 Å². The summed E-state index contributed by atoms with van der Waals surface area (Å²) in [5, 5.41) is 28.6. The molecule has 0 spiro atoms. The summed E-state index contributed by atoms with van der Waals surface area (Å²) in [6.07, 6.45) is -0.487. The summed E-state index contributed by atoms with van der Waals surface area (Å²) in [6.45, 7) is 7.49. The number of urea groups is 1. The number of pyridine rings is 1. The first-order chi connectivity index (χ1) is 16.0. The normalized spacial score (nSPS) is 11.0. The molecule has 2 aromatic carbocycles. The smallest absolute Gasteiger partial charge is 0.871 e. The molecule has 2 N–H and O–H groups in total. The van der Waals surface area contributed by atoms with E-state index in [1.54, 1.807) is 13.0 Å². The number of aliphatic carboxylic acids is 1. The van der Waals surface area contributed by atoms with Crippen molar-refractivity contribution in [1.82, 2.24) is 9.88 Å². The zero-order valence-corrected chi connectivity index (χ0v) is 25.8. The molecule has 0 aliphatic carbocycles. The number of hydrogen-bond donors (Lipinski definition) is 2. The summed E-state index contributed by atoms with van der Waals surface area (Å²) in [5.74, 6) is -1.98. The molecule has 0 aliphatic heterocycles. The number of nitrogens with zero attached hydrogens (tertiary/aromatic N) is 1. The van der Waals surface area contributed by atoms with Crippen molar-refractivity contribution in [3.8, 4) is 16.9 Å². The number of benzene rings is 2. The van der Waals surface area contributed by atoms with E-state index in [9.17, 15) is 24.6 Å². The number of anilines is 1. The van der Waals surface area contributed by atoms with E-state index < -0.39 is 41.5 Å². The van der Waals surface area contributed by atoms with Gasteiger partial charge in [0.05, 0.1) is 6.04 Å². The third kappa shape index (κ3) is 7.47. The summed E-state index contributed by atoms with van der Waals surface area (Å²) in [6, 6.07) is 11.0. The number of carbonyl (C=O) groups excluding carboxylic acids is 2. The van der Waals surface area contributed by atoms with Crippen LogP contribution in [0.5, 0.6) is 5.75 Å². The maximum atomic E-state index is 12.7. The minimum Gasteiger partial charge on any atom is -0.871 e. The molecule has 10 heteroatoms. The van der Waals surface area contributed by atoms with Crippen LogP contribution in [0.4, 0.5) is 10.5 Å². The fourth-order valence-corrected chi connectivity index (χ4v) is 4.06. The van der Waals surface area contributed by atoms with Crippen LogP contribution in [-0.2, 0) is 11.8 Å². The van der Waals surface area contributed by atoms with Crippen molar-refractivity contribution < 1.29 is 78.9 Å². The third-order valence-corrected chi connectivity index (χ3v) is 5.82. The summed E-state index contributed by atoms with van der Waals surface area (Å²) >= 11 is 0. The van der Waals surface area contributed by atoms with Gasteiger partial charge in [-0.2, -0.15) is 0 Å². The minimum atomic E-state index is -1.35. The van der Waals surface area contributed by atoms with Gasteiger partial charge in [-0.3, -0.25) is 4.79 Å². The molecule has 2 amide bonds. The van der Waals surface area contributed by atoms with Gasteiger partial charge in [0.25, 0.3) is 5.56 Å².